The summed E-state index contributed by atoms with van der Waals surface area (Å²) in [6, 6.07) is 14.1. The number of ether oxygens (including phenoxy) is 1. The summed E-state index contributed by atoms with van der Waals surface area (Å²) in [7, 11) is 0. The van der Waals surface area contributed by atoms with Crippen molar-refractivity contribution in [2.75, 3.05) is 6.61 Å². The van der Waals surface area contributed by atoms with Crippen LogP contribution in [0.15, 0.2) is 42.5 Å². The second-order valence-electron chi connectivity index (χ2n) is 6.15. The van der Waals surface area contributed by atoms with Crippen molar-refractivity contribution in [2.45, 2.75) is 40.2 Å². The Morgan fingerprint density at radius 1 is 1.09 bits per heavy atom. The molecule has 0 saturated heterocycles. The van der Waals surface area contributed by atoms with Gasteiger partial charge in [0.05, 0.1) is 12.5 Å². The Kier molecular flexibility index (Phi) is 5.80. The number of para-hydroxylation sites is 1. The normalized spacial score (nSPS) is 11.8. The number of hydrogen-bond donors (Lipinski definition) is 1. The molecule has 1 amide bonds. The first-order valence-electron chi connectivity index (χ1n) is 7.99. The number of nitrogens with one attached hydrogen (secondary N) is 1. The van der Waals surface area contributed by atoms with Gasteiger partial charge in [0.15, 0.2) is 0 Å². The van der Waals surface area contributed by atoms with E-state index in [0.717, 1.165) is 22.4 Å². The molecule has 3 nitrogen and oxygen atoms in total. The maximum absolute atomic E-state index is 12.2. The second kappa shape index (κ2) is 7.82. The second-order valence-corrected chi connectivity index (χ2v) is 6.15. The zero-order chi connectivity index (χ0) is 16.8. The highest BCUT2D eigenvalue weighted by Crippen LogP contribution is 2.16. The lowest BCUT2D eigenvalue weighted by Gasteiger charge is -2.16. The van der Waals surface area contributed by atoms with E-state index in [1.807, 2.05) is 52.0 Å². The van der Waals surface area contributed by atoms with Crippen molar-refractivity contribution in [1.29, 1.82) is 0 Å². The highest BCUT2D eigenvalue weighted by molar-refractivity contribution is 5.79. The van der Waals surface area contributed by atoms with Crippen molar-refractivity contribution < 1.29 is 9.53 Å². The molecule has 0 radical (unpaired) electrons. The minimum atomic E-state index is -0.0350. The summed E-state index contributed by atoms with van der Waals surface area (Å²) in [6.45, 7) is 8.51. The zero-order valence-corrected chi connectivity index (χ0v) is 14.3. The number of carbonyl (C=O) groups excluding carboxylic acids is 1. The first kappa shape index (κ1) is 17.1. The van der Waals surface area contributed by atoms with E-state index in [2.05, 4.69) is 23.5 Å². The molecule has 0 spiro atoms. The van der Waals surface area contributed by atoms with Gasteiger partial charge in [0.2, 0.25) is 5.91 Å². The van der Waals surface area contributed by atoms with Crippen LogP contribution in [0, 0.1) is 20.8 Å². The van der Waals surface area contributed by atoms with E-state index in [-0.39, 0.29) is 11.9 Å². The first-order chi connectivity index (χ1) is 11.0. The van der Waals surface area contributed by atoms with E-state index >= 15 is 0 Å². The van der Waals surface area contributed by atoms with Crippen LogP contribution in [0.2, 0.25) is 0 Å². The standard InChI is InChI=1S/C20H25NO2/c1-14-9-10-15(2)18(11-14)12-20(22)21-17(4)13-23-19-8-6-5-7-16(19)3/h5-11,17H,12-13H2,1-4H3,(H,21,22). The Hall–Kier alpha value is -2.29. The average Bonchev–Trinajstić information content (AvgIpc) is 2.50. The fourth-order valence-corrected chi connectivity index (χ4v) is 2.46. The molecule has 3 heteroatoms. The zero-order valence-electron chi connectivity index (χ0n) is 14.3. The van der Waals surface area contributed by atoms with Gasteiger partial charge >= 0.3 is 0 Å². The number of hydrogen-bond acceptors (Lipinski definition) is 2. The summed E-state index contributed by atoms with van der Waals surface area (Å²) in [4.78, 5) is 12.2. The molecule has 0 aliphatic rings. The minimum Gasteiger partial charge on any atom is -0.491 e. The molecule has 0 fully saturated rings. The molecular weight excluding hydrogens is 286 g/mol. The fourth-order valence-electron chi connectivity index (χ4n) is 2.46. The molecule has 0 aliphatic carbocycles. The molecule has 2 aromatic rings. The van der Waals surface area contributed by atoms with Gasteiger partial charge in [0.25, 0.3) is 0 Å². The molecule has 0 heterocycles. The highest BCUT2D eigenvalue weighted by Gasteiger charge is 2.11. The maximum atomic E-state index is 12.2. The molecule has 0 bridgehead atoms. The van der Waals surface area contributed by atoms with E-state index < -0.39 is 0 Å². The monoisotopic (exact) mass is 311 g/mol. The molecule has 0 aliphatic heterocycles. The third-order valence-corrected chi connectivity index (χ3v) is 3.85. The minimum absolute atomic E-state index is 0.0274. The predicted molar refractivity (Wildman–Crippen MR) is 93.9 cm³/mol. The highest BCUT2D eigenvalue weighted by atomic mass is 16.5. The van der Waals surface area contributed by atoms with Crippen LogP contribution in [0.25, 0.3) is 0 Å². The quantitative estimate of drug-likeness (QED) is 0.882. The molecule has 2 aromatic carbocycles. The third-order valence-electron chi connectivity index (χ3n) is 3.85. The van der Waals surface area contributed by atoms with Crippen LogP contribution < -0.4 is 10.1 Å². The van der Waals surface area contributed by atoms with Crippen molar-refractivity contribution >= 4 is 5.91 Å². The Balaban J connectivity index is 1.85. The number of rotatable bonds is 6. The number of aryl methyl sites for hydroxylation is 3. The van der Waals surface area contributed by atoms with Gasteiger partial charge in [-0.3, -0.25) is 4.79 Å². The molecule has 0 saturated carbocycles. The van der Waals surface area contributed by atoms with Gasteiger partial charge in [-0.25, -0.2) is 0 Å². The molecular formula is C20H25NO2. The van der Waals surface area contributed by atoms with Crippen LogP contribution in [0.3, 0.4) is 0 Å². The molecule has 122 valence electrons. The van der Waals surface area contributed by atoms with Gasteiger partial charge in [0, 0.05) is 0 Å². The van der Waals surface area contributed by atoms with Crippen LogP contribution in [0.4, 0.5) is 0 Å². The van der Waals surface area contributed by atoms with Gasteiger partial charge in [0.1, 0.15) is 12.4 Å². The molecule has 23 heavy (non-hydrogen) atoms. The van der Waals surface area contributed by atoms with Gasteiger partial charge in [-0.2, -0.15) is 0 Å². The summed E-state index contributed by atoms with van der Waals surface area (Å²) < 4.78 is 5.78. The lowest BCUT2D eigenvalue weighted by Crippen LogP contribution is -2.37. The van der Waals surface area contributed by atoms with Crippen molar-refractivity contribution in [1.82, 2.24) is 5.32 Å². The van der Waals surface area contributed by atoms with E-state index in [0.29, 0.717) is 13.0 Å². The topological polar surface area (TPSA) is 38.3 Å². The van der Waals surface area contributed by atoms with Gasteiger partial charge in [-0.05, 0) is 50.5 Å². The van der Waals surface area contributed by atoms with E-state index in [1.54, 1.807) is 0 Å². The number of carbonyl (C=O) groups is 1. The summed E-state index contributed by atoms with van der Waals surface area (Å²) in [5, 5.41) is 3.00. The third kappa shape index (κ3) is 5.13. The van der Waals surface area contributed by atoms with Crippen molar-refractivity contribution in [3.05, 3.63) is 64.7 Å². The number of amides is 1. The molecule has 0 aromatic heterocycles. The van der Waals surface area contributed by atoms with Crippen LogP contribution in [0.1, 0.15) is 29.2 Å². The van der Waals surface area contributed by atoms with Crippen molar-refractivity contribution in [2.24, 2.45) is 0 Å². The summed E-state index contributed by atoms with van der Waals surface area (Å²) in [5.74, 6) is 0.891. The lowest BCUT2D eigenvalue weighted by molar-refractivity contribution is -0.121. The smallest absolute Gasteiger partial charge is 0.224 e. The van der Waals surface area contributed by atoms with E-state index in [9.17, 15) is 4.79 Å². The summed E-state index contributed by atoms with van der Waals surface area (Å²) in [5.41, 5.74) is 4.50. The molecule has 1 N–H and O–H groups in total. The van der Waals surface area contributed by atoms with E-state index in [4.69, 9.17) is 4.74 Å². The van der Waals surface area contributed by atoms with Gasteiger partial charge < -0.3 is 10.1 Å². The SMILES string of the molecule is Cc1ccc(C)c(CC(=O)NC(C)COc2ccccc2C)c1. The molecule has 1 unspecified atom stereocenters. The largest absolute Gasteiger partial charge is 0.491 e. The Morgan fingerprint density at radius 3 is 2.57 bits per heavy atom. The average molecular weight is 311 g/mol. The van der Waals surface area contributed by atoms with Gasteiger partial charge in [-0.15, -0.1) is 0 Å². The maximum Gasteiger partial charge on any atom is 0.224 e. The fraction of sp³-hybridized carbons (Fsp3) is 0.350. The summed E-state index contributed by atoms with van der Waals surface area (Å²) in [6.07, 6.45) is 0.405. The summed E-state index contributed by atoms with van der Waals surface area (Å²) >= 11 is 0. The molecule has 1 atom stereocenters. The first-order valence-corrected chi connectivity index (χ1v) is 7.99. The van der Waals surface area contributed by atoms with Crippen molar-refractivity contribution in [3.8, 4) is 5.75 Å². The van der Waals surface area contributed by atoms with E-state index in [1.165, 1.54) is 5.56 Å². The lowest BCUT2D eigenvalue weighted by atomic mass is 10.0. The predicted octanol–water partition coefficient (Wildman–Crippen LogP) is 3.74. The number of benzene rings is 2. The Labute approximate surface area is 138 Å². The van der Waals surface area contributed by atoms with Gasteiger partial charge in [-0.1, -0.05) is 42.0 Å². The van der Waals surface area contributed by atoms with Crippen LogP contribution >= 0.6 is 0 Å². The van der Waals surface area contributed by atoms with Crippen LogP contribution in [-0.4, -0.2) is 18.6 Å². The molecule has 2 rings (SSSR count). The Bertz CT molecular complexity index is 679. The van der Waals surface area contributed by atoms with Crippen LogP contribution in [0.5, 0.6) is 5.75 Å². The van der Waals surface area contributed by atoms with Crippen molar-refractivity contribution in [3.63, 3.8) is 0 Å². The van der Waals surface area contributed by atoms with Crippen LogP contribution in [-0.2, 0) is 11.2 Å². The Morgan fingerprint density at radius 2 is 1.83 bits per heavy atom.